The summed E-state index contributed by atoms with van der Waals surface area (Å²) >= 11 is 3.33. The summed E-state index contributed by atoms with van der Waals surface area (Å²) in [5.41, 5.74) is 2.63. The number of aromatic nitrogens is 2. The third-order valence-electron chi connectivity index (χ3n) is 2.40. The summed E-state index contributed by atoms with van der Waals surface area (Å²) in [6.45, 7) is 0. The van der Waals surface area contributed by atoms with Gasteiger partial charge in [0.1, 0.15) is 16.9 Å². The van der Waals surface area contributed by atoms with Crippen molar-refractivity contribution in [3.8, 4) is 5.75 Å². The molecule has 74 valence electrons. The van der Waals surface area contributed by atoms with Crippen LogP contribution in [0.15, 0.2) is 41.0 Å². The molecule has 4 heteroatoms. The van der Waals surface area contributed by atoms with Crippen molar-refractivity contribution < 1.29 is 5.11 Å². The van der Waals surface area contributed by atoms with Crippen LogP contribution >= 0.6 is 15.9 Å². The molecule has 0 aliphatic rings. The molecule has 1 aromatic carbocycles. The monoisotopic (exact) mass is 262 g/mol. The van der Waals surface area contributed by atoms with Gasteiger partial charge in [0, 0.05) is 6.20 Å². The zero-order valence-corrected chi connectivity index (χ0v) is 9.27. The first-order valence-corrected chi connectivity index (χ1v) is 5.31. The molecule has 0 bridgehead atoms. The molecule has 3 aromatic rings. The highest BCUT2D eigenvalue weighted by molar-refractivity contribution is 9.10. The Labute approximate surface area is 94.1 Å². The lowest BCUT2D eigenvalue weighted by Gasteiger charge is -1.97. The van der Waals surface area contributed by atoms with Crippen LogP contribution in [0.25, 0.3) is 16.7 Å². The summed E-state index contributed by atoms with van der Waals surface area (Å²) in [6.07, 6.45) is 1.95. The minimum atomic E-state index is 0.214. The van der Waals surface area contributed by atoms with Gasteiger partial charge < -0.3 is 5.11 Å². The molecule has 0 radical (unpaired) electrons. The maximum Gasteiger partial charge on any atom is 0.137 e. The molecule has 3 nitrogen and oxygen atoms in total. The largest absolute Gasteiger partial charge is 0.507 e. The molecule has 1 N–H and O–H groups in total. The molecule has 0 aliphatic carbocycles. The number of imidazole rings is 1. The second-order valence-corrected chi connectivity index (χ2v) is 4.10. The fourth-order valence-electron chi connectivity index (χ4n) is 1.69. The predicted molar refractivity (Wildman–Crippen MR) is 62.1 cm³/mol. The zero-order valence-electron chi connectivity index (χ0n) is 7.68. The summed E-state index contributed by atoms with van der Waals surface area (Å²) in [6, 6.07) is 9.34. The lowest BCUT2D eigenvalue weighted by Crippen LogP contribution is -1.81. The molecule has 0 unspecified atom stereocenters. The van der Waals surface area contributed by atoms with Crippen LogP contribution in [0.5, 0.6) is 5.75 Å². The number of rotatable bonds is 0. The average molecular weight is 263 g/mol. The van der Waals surface area contributed by atoms with Crippen LogP contribution in [0.2, 0.25) is 0 Å². The molecule has 2 heterocycles. The number of hydrogen-bond acceptors (Lipinski definition) is 2. The first-order valence-electron chi connectivity index (χ1n) is 4.51. The number of phenols is 1. The number of hydrogen-bond donors (Lipinski definition) is 1. The highest BCUT2D eigenvalue weighted by Crippen LogP contribution is 2.31. The van der Waals surface area contributed by atoms with Gasteiger partial charge in [-0.1, -0.05) is 6.07 Å². The topological polar surface area (TPSA) is 37.5 Å². The fraction of sp³-hybridized carbons (Fsp3) is 0. The van der Waals surface area contributed by atoms with Crippen LogP contribution < -0.4 is 0 Å². The van der Waals surface area contributed by atoms with Crippen molar-refractivity contribution in [3.05, 3.63) is 41.0 Å². The minimum absolute atomic E-state index is 0.214. The van der Waals surface area contributed by atoms with E-state index in [0.29, 0.717) is 4.47 Å². The molecule has 0 fully saturated rings. The van der Waals surface area contributed by atoms with E-state index >= 15 is 0 Å². The van der Waals surface area contributed by atoms with Crippen LogP contribution in [0.4, 0.5) is 0 Å². The van der Waals surface area contributed by atoms with Gasteiger partial charge in [-0.25, -0.2) is 4.98 Å². The van der Waals surface area contributed by atoms with E-state index in [1.54, 1.807) is 6.07 Å². The first kappa shape index (κ1) is 8.73. The van der Waals surface area contributed by atoms with E-state index in [9.17, 15) is 5.11 Å². The van der Waals surface area contributed by atoms with Crippen molar-refractivity contribution in [1.82, 2.24) is 9.38 Å². The van der Waals surface area contributed by atoms with E-state index in [-0.39, 0.29) is 5.75 Å². The molecular weight excluding hydrogens is 256 g/mol. The van der Waals surface area contributed by atoms with E-state index in [1.807, 2.05) is 34.9 Å². The van der Waals surface area contributed by atoms with Gasteiger partial charge >= 0.3 is 0 Å². The lowest BCUT2D eigenvalue weighted by atomic mass is 10.3. The third-order valence-corrected chi connectivity index (χ3v) is 3.18. The Bertz CT molecular complexity index is 660. The molecule has 0 atom stereocenters. The van der Waals surface area contributed by atoms with E-state index in [1.165, 1.54) is 0 Å². The zero-order chi connectivity index (χ0) is 10.4. The molecule has 2 aromatic heterocycles. The van der Waals surface area contributed by atoms with E-state index in [4.69, 9.17) is 0 Å². The van der Waals surface area contributed by atoms with Crippen molar-refractivity contribution in [2.75, 3.05) is 0 Å². The molecule has 15 heavy (non-hydrogen) atoms. The fourth-order valence-corrected chi connectivity index (χ4v) is 2.11. The smallest absolute Gasteiger partial charge is 0.137 e. The van der Waals surface area contributed by atoms with Crippen molar-refractivity contribution in [2.45, 2.75) is 0 Å². The quantitative estimate of drug-likeness (QED) is 0.677. The Hall–Kier alpha value is -1.55. The maximum atomic E-state index is 9.55. The molecule has 0 aliphatic heterocycles. The molecule has 0 saturated carbocycles. The van der Waals surface area contributed by atoms with Crippen molar-refractivity contribution in [2.24, 2.45) is 0 Å². The summed E-state index contributed by atoms with van der Waals surface area (Å²) in [4.78, 5) is 4.43. The second kappa shape index (κ2) is 2.97. The number of halogens is 1. The van der Waals surface area contributed by atoms with Crippen LogP contribution in [0, 0.1) is 0 Å². The Balaban J connectivity index is 2.60. The summed E-state index contributed by atoms with van der Waals surface area (Å²) < 4.78 is 2.63. The first-order chi connectivity index (χ1) is 7.27. The van der Waals surface area contributed by atoms with Gasteiger partial charge in [0.2, 0.25) is 0 Å². The van der Waals surface area contributed by atoms with Gasteiger partial charge in [-0.2, -0.15) is 0 Å². The van der Waals surface area contributed by atoms with Crippen LogP contribution in [-0.4, -0.2) is 14.5 Å². The van der Waals surface area contributed by atoms with Crippen LogP contribution in [-0.2, 0) is 0 Å². The second-order valence-electron chi connectivity index (χ2n) is 3.31. The van der Waals surface area contributed by atoms with Gasteiger partial charge in [0.25, 0.3) is 0 Å². The number of aromatic hydroxyl groups is 1. The van der Waals surface area contributed by atoms with Crippen LogP contribution in [0.3, 0.4) is 0 Å². The Morgan fingerprint density at radius 2 is 2.07 bits per heavy atom. The summed E-state index contributed by atoms with van der Waals surface area (Å²) in [5.74, 6) is 0.214. The van der Waals surface area contributed by atoms with Crippen molar-refractivity contribution >= 4 is 32.6 Å². The Morgan fingerprint density at radius 3 is 2.93 bits per heavy atom. The lowest BCUT2D eigenvalue weighted by molar-refractivity contribution is 0.473. The maximum absolute atomic E-state index is 9.55. The minimum Gasteiger partial charge on any atom is -0.507 e. The van der Waals surface area contributed by atoms with Gasteiger partial charge in [-0.15, -0.1) is 0 Å². The Morgan fingerprint density at radius 1 is 1.20 bits per heavy atom. The van der Waals surface area contributed by atoms with Gasteiger partial charge in [-0.05, 0) is 40.2 Å². The standard InChI is InChI=1S/C11H7BrN2O/c12-10-8(15)5-4-7-11(10)13-9-3-1-2-6-14(7)9/h1-6,15H. The summed E-state index contributed by atoms with van der Waals surface area (Å²) in [5, 5.41) is 9.55. The molecule has 0 saturated heterocycles. The van der Waals surface area contributed by atoms with Gasteiger partial charge in [0.05, 0.1) is 9.99 Å². The molecule has 0 amide bonds. The van der Waals surface area contributed by atoms with E-state index < -0.39 is 0 Å². The number of fused-ring (bicyclic) bond motifs is 3. The van der Waals surface area contributed by atoms with E-state index in [0.717, 1.165) is 16.7 Å². The van der Waals surface area contributed by atoms with Crippen LogP contribution in [0.1, 0.15) is 0 Å². The van der Waals surface area contributed by atoms with Gasteiger partial charge in [-0.3, -0.25) is 4.40 Å². The number of pyridine rings is 1. The molecule has 0 spiro atoms. The number of nitrogens with zero attached hydrogens (tertiary/aromatic N) is 2. The molecule has 3 rings (SSSR count). The van der Waals surface area contributed by atoms with Gasteiger partial charge in [0.15, 0.2) is 0 Å². The number of phenolic OH excluding ortho intramolecular Hbond substituents is 1. The molecular formula is C11H7BrN2O. The normalized spacial score (nSPS) is 11.3. The average Bonchev–Trinajstić information content (AvgIpc) is 2.63. The highest BCUT2D eigenvalue weighted by atomic mass is 79.9. The SMILES string of the molecule is Oc1ccc2c(nc3ccccn32)c1Br. The Kier molecular flexibility index (Phi) is 1.73. The van der Waals surface area contributed by atoms with Crippen molar-refractivity contribution in [3.63, 3.8) is 0 Å². The highest BCUT2D eigenvalue weighted by Gasteiger charge is 2.09. The summed E-state index contributed by atoms with van der Waals surface area (Å²) in [7, 11) is 0. The van der Waals surface area contributed by atoms with Crippen molar-refractivity contribution in [1.29, 1.82) is 0 Å². The number of benzene rings is 1. The van der Waals surface area contributed by atoms with E-state index in [2.05, 4.69) is 20.9 Å². The third kappa shape index (κ3) is 1.15. The predicted octanol–water partition coefficient (Wildman–Crippen LogP) is 2.96.